The number of hydrogen-bond donors (Lipinski definition) is 1. The molecule has 0 saturated heterocycles. The molecule has 0 atom stereocenters. The van der Waals surface area contributed by atoms with E-state index in [-0.39, 0.29) is 0 Å². The number of nitrogens with one attached hydrogen (secondary N) is 1. The molecule has 2 heterocycles. The molecule has 0 amide bonds. The van der Waals surface area contributed by atoms with E-state index in [1.807, 2.05) is 12.4 Å². The van der Waals surface area contributed by atoms with Gasteiger partial charge in [-0.1, -0.05) is 6.08 Å². The molecule has 0 aliphatic carbocycles. The summed E-state index contributed by atoms with van der Waals surface area (Å²) in [4.78, 5) is 7.98. The standard InChI is InChI=1S/C9H11N3/c1-3-10-4-2-8(1)9-5-11-7-12-6-9/h1,5-7,10H,2-4H2. The van der Waals surface area contributed by atoms with E-state index in [9.17, 15) is 0 Å². The van der Waals surface area contributed by atoms with Crippen molar-refractivity contribution in [3.05, 3.63) is 30.4 Å². The summed E-state index contributed by atoms with van der Waals surface area (Å²) >= 11 is 0. The predicted molar refractivity (Wildman–Crippen MR) is 47.5 cm³/mol. The van der Waals surface area contributed by atoms with Crippen LogP contribution in [0.5, 0.6) is 0 Å². The maximum Gasteiger partial charge on any atom is 0.115 e. The van der Waals surface area contributed by atoms with Crippen LogP contribution in [0.1, 0.15) is 12.0 Å². The van der Waals surface area contributed by atoms with Crippen molar-refractivity contribution in [2.75, 3.05) is 13.1 Å². The molecule has 0 saturated carbocycles. The van der Waals surface area contributed by atoms with Crippen LogP contribution in [-0.4, -0.2) is 23.1 Å². The van der Waals surface area contributed by atoms with Gasteiger partial charge in [-0.05, 0) is 18.5 Å². The molecule has 0 spiro atoms. The van der Waals surface area contributed by atoms with Gasteiger partial charge in [0.2, 0.25) is 0 Å². The zero-order valence-corrected chi connectivity index (χ0v) is 6.83. The highest BCUT2D eigenvalue weighted by molar-refractivity contribution is 5.65. The average Bonchev–Trinajstić information content (AvgIpc) is 2.21. The Labute approximate surface area is 71.5 Å². The molecule has 1 aromatic rings. The van der Waals surface area contributed by atoms with Crippen LogP contribution in [0.3, 0.4) is 0 Å². The molecule has 12 heavy (non-hydrogen) atoms. The lowest BCUT2D eigenvalue weighted by atomic mass is 10.0. The van der Waals surface area contributed by atoms with Crippen LogP contribution in [0.2, 0.25) is 0 Å². The summed E-state index contributed by atoms with van der Waals surface area (Å²) in [6.07, 6.45) is 8.56. The Bertz CT molecular complexity index is 279. The summed E-state index contributed by atoms with van der Waals surface area (Å²) in [6.45, 7) is 2.02. The first-order valence-corrected chi connectivity index (χ1v) is 4.12. The fourth-order valence-electron chi connectivity index (χ4n) is 1.35. The number of rotatable bonds is 1. The summed E-state index contributed by atoms with van der Waals surface area (Å²) in [6, 6.07) is 0. The minimum Gasteiger partial charge on any atom is -0.313 e. The van der Waals surface area contributed by atoms with Gasteiger partial charge in [0.15, 0.2) is 0 Å². The second-order valence-corrected chi connectivity index (χ2v) is 2.81. The maximum atomic E-state index is 3.99. The van der Waals surface area contributed by atoms with E-state index in [0.29, 0.717) is 0 Å². The number of aromatic nitrogens is 2. The fraction of sp³-hybridized carbons (Fsp3) is 0.333. The van der Waals surface area contributed by atoms with Crippen LogP contribution in [-0.2, 0) is 0 Å². The molecular weight excluding hydrogens is 150 g/mol. The topological polar surface area (TPSA) is 37.8 Å². The molecule has 2 rings (SSSR count). The Hall–Kier alpha value is -1.22. The van der Waals surface area contributed by atoms with Gasteiger partial charge < -0.3 is 5.32 Å². The van der Waals surface area contributed by atoms with Crippen LogP contribution in [0.4, 0.5) is 0 Å². The summed E-state index contributed by atoms with van der Waals surface area (Å²) in [5.41, 5.74) is 2.51. The lowest BCUT2D eigenvalue weighted by Gasteiger charge is -2.12. The summed E-state index contributed by atoms with van der Waals surface area (Å²) in [5.74, 6) is 0. The molecular formula is C9H11N3. The minimum absolute atomic E-state index is 0.963. The van der Waals surface area contributed by atoms with Gasteiger partial charge in [-0.15, -0.1) is 0 Å². The molecule has 0 fully saturated rings. The molecule has 1 aliphatic rings. The molecule has 1 N–H and O–H groups in total. The summed E-state index contributed by atoms with van der Waals surface area (Å²) in [7, 11) is 0. The second kappa shape index (κ2) is 3.45. The molecule has 62 valence electrons. The van der Waals surface area contributed by atoms with Gasteiger partial charge in [0.05, 0.1) is 0 Å². The highest BCUT2D eigenvalue weighted by Crippen LogP contribution is 2.16. The van der Waals surface area contributed by atoms with Crippen molar-refractivity contribution >= 4 is 5.57 Å². The van der Waals surface area contributed by atoms with Crippen molar-refractivity contribution in [2.45, 2.75) is 6.42 Å². The van der Waals surface area contributed by atoms with Crippen molar-refractivity contribution in [2.24, 2.45) is 0 Å². The molecule has 0 aromatic carbocycles. The summed E-state index contributed by atoms with van der Waals surface area (Å²) < 4.78 is 0. The third kappa shape index (κ3) is 1.51. The smallest absolute Gasteiger partial charge is 0.115 e. The zero-order valence-electron chi connectivity index (χ0n) is 6.83. The highest BCUT2D eigenvalue weighted by Gasteiger charge is 2.04. The van der Waals surface area contributed by atoms with Crippen molar-refractivity contribution in [1.29, 1.82) is 0 Å². The largest absolute Gasteiger partial charge is 0.313 e. The second-order valence-electron chi connectivity index (χ2n) is 2.81. The maximum absolute atomic E-state index is 3.99. The van der Waals surface area contributed by atoms with E-state index in [0.717, 1.165) is 25.1 Å². The third-order valence-electron chi connectivity index (χ3n) is 2.00. The van der Waals surface area contributed by atoms with Crippen LogP contribution in [0.25, 0.3) is 5.57 Å². The van der Waals surface area contributed by atoms with Gasteiger partial charge in [-0.3, -0.25) is 0 Å². The van der Waals surface area contributed by atoms with Crippen molar-refractivity contribution < 1.29 is 0 Å². The van der Waals surface area contributed by atoms with Gasteiger partial charge in [-0.25, -0.2) is 9.97 Å². The Morgan fingerprint density at radius 2 is 2.08 bits per heavy atom. The summed E-state index contributed by atoms with van der Waals surface area (Å²) in [5, 5.41) is 3.27. The van der Waals surface area contributed by atoms with Gasteiger partial charge in [0.25, 0.3) is 0 Å². The highest BCUT2D eigenvalue weighted by atomic mass is 14.9. The van der Waals surface area contributed by atoms with Crippen LogP contribution >= 0.6 is 0 Å². The molecule has 0 unspecified atom stereocenters. The van der Waals surface area contributed by atoms with Crippen molar-refractivity contribution in [1.82, 2.24) is 15.3 Å². The van der Waals surface area contributed by atoms with Gasteiger partial charge in [-0.2, -0.15) is 0 Å². The van der Waals surface area contributed by atoms with E-state index >= 15 is 0 Å². The van der Waals surface area contributed by atoms with E-state index in [2.05, 4.69) is 21.4 Å². The lowest BCUT2D eigenvalue weighted by Crippen LogP contribution is -2.20. The Balaban J connectivity index is 2.24. The molecule has 3 heteroatoms. The van der Waals surface area contributed by atoms with E-state index in [4.69, 9.17) is 0 Å². The molecule has 1 aromatic heterocycles. The van der Waals surface area contributed by atoms with Gasteiger partial charge in [0.1, 0.15) is 6.33 Å². The molecule has 1 aliphatic heterocycles. The Morgan fingerprint density at radius 3 is 2.75 bits per heavy atom. The molecule has 3 nitrogen and oxygen atoms in total. The zero-order chi connectivity index (χ0) is 8.23. The first kappa shape index (κ1) is 7.43. The minimum atomic E-state index is 0.963. The van der Waals surface area contributed by atoms with Crippen LogP contribution in [0.15, 0.2) is 24.8 Å². The van der Waals surface area contributed by atoms with Crippen molar-refractivity contribution in [3.8, 4) is 0 Å². The van der Waals surface area contributed by atoms with Crippen LogP contribution < -0.4 is 5.32 Å². The number of hydrogen-bond acceptors (Lipinski definition) is 3. The third-order valence-corrected chi connectivity index (χ3v) is 2.00. The van der Waals surface area contributed by atoms with Gasteiger partial charge in [0, 0.05) is 24.5 Å². The van der Waals surface area contributed by atoms with E-state index < -0.39 is 0 Å². The Morgan fingerprint density at radius 1 is 1.25 bits per heavy atom. The lowest BCUT2D eigenvalue weighted by molar-refractivity contribution is 0.738. The predicted octanol–water partition coefficient (Wildman–Crippen LogP) is 0.853. The SMILES string of the molecule is C1=C(c2cncnc2)CCNC1. The van der Waals surface area contributed by atoms with Crippen molar-refractivity contribution in [3.63, 3.8) is 0 Å². The normalized spacial score (nSPS) is 17.2. The van der Waals surface area contributed by atoms with Gasteiger partial charge >= 0.3 is 0 Å². The Kier molecular flexibility index (Phi) is 2.14. The van der Waals surface area contributed by atoms with E-state index in [1.54, 1.807) is 6.33 Å². The number of nitrogens with zero attached hydrogens (tertiary/aromatic N) is 2. The van der Waals surface area contributed by atoms with E-state index in [1.165, 1.54) is 5.57 Å². The first-order valence-electron chi connectivity index (χ1n) is 4.12. The quantitative estimate of drug-likeness (QED) is 0.663. The monoisotopic (exact) mass is 161 g/mol. The van der Waals surface area contributed by atoms with Crippen LogP contribution in [0, 0.1) is 0 Å². The fourth-order valence-corrected chi connectivity index (χ4v) is 1.35. The first-order chi connectivity index (χ1) is 5.97. The average molecular weight is 161 g/mol. The molecule has 0 bridgehead atoms. The molecule has 0 radical (unpaired) electrons.